The van der Waals surface area contributed by atoms with Gasteiger partial charge in [-0.2, -0.15) is 5.10 Å². The molecule has 2 rings (SSSR count). The molecule has 0 aliphatic heterocycles. The summed E-state index contributed by atoms with van der Waals surface area (Å²) in [4.78, 5) is 12.0. The van der Waals surface area contributed by atoms with E-state index in [1.54, 1.807) is 0 Å². The van der Waals surface area contributed by atoms with Crippen molar-refractivity contribution in [3.63, 3.8) is 0 Å². The minimum Gasteiger partial charge on any atom is -0.326 e. The zero-order valence-electron chi connectivity index (χ0n) is 11.2. The molecule has 1 heterocycles. The molecule has 4 nitrogen and oxygen atoms in total. The van der Waals surface area contributed by atoms with Crippen LogP contribution in [0.15, 0.2) is 24.3 Å². The second-order valence-electron chi connectivity index (χ2n) is 4.50. The molecule has 2 aromatic rings. The maximum absolute atomic E-state index is 12.0. The molecule has 5 heteroatoms. The number of carbonyl (C=O) groups excluding carboxylic acids is 1. The van der Waals surface area contributed by atoms with Gasteiger partial charge in [0.25, 0.3) is 0 Å². The van der Waals surface area contributed by atoms with Gasteiger partial charge in [-0.25, -0.2) is 0 Å². The molecule has 0 aliphatic carbocycles. The summed E-state index contributed by atoms with van der Waals surface area (Å²) < 4.78 is 2.96. The Morgan fingerprint density at radius 1 is 1.32 bits per heavy atom. The van der Waals surface area contributed by atoms with Crippen molar-refractivity contribution in [1.82, 2.24) is 9.78 Å². The van der Waals surface area contributed by atoms with Gasteiger partial charge in [-0.1, -0.05) is 0 Å². The van der Waals surface area contributed by atoms with Crippen LogP contribution in [0, 0.1) is 17.4 Å². The number of rotatable bonds is 3. The van der Waals surface area contributed by atoms with Crippen LogP contribution < -0.4 is 5.32 Å². The topological polar surface area (TPSA) is 46.9 Å². The molecule has 19 heavy (non-hydrogen) atoms. The van der Waals surface area contributed by atoms with Crippen molar-refractivity contribution in [2.75, 3.05) is 5.32 Å². The van der Waals surface area contributed by atoms with Crippen LogP contribution in [0.5, 0.6) is 0 Å². The SMILES string of the molecule is Cc1nn(C)c(C)c1CC(=O)Nc1ccc(I)cc1. The molecule has 0 saturated carbocycles. The van der Waals surface area contributed by atoms with E-state index in [1.165, 1.54) is 0 Å². The van der Waals surface area contributed by atoms with Gasteiger partial charge in [0.1, 0.15) is 0 Å². The van der Waals surface area contributed by atoms with Crippen LogP contribution in [0.2, 0.25) is 0 Å². The maximum atomic E-state index is 12.0. The third-order valence-electron chi connectivity index (χ3n) is 3.12. The van der Waals surface area contributed by atoms with Crippen molar-refractivity contribution in [2.45, 2.75) is 20.3 Å². The van der Waals surface area contributed by atoms with Crippen LogP contribution in [0.3, 0.4) is 0 Å². The molecule has 0 aliphatic rings. The molecule has 0 spiro atoms. The Morgan fingerprint density at radius 2 is 1.95 bits per heavy atom. The number of benzene rings is 1. The average molecular weight is 369 g/mol. The van der Waals surface area contributed by atoms with Gasteiger partial charge in [-0.15, -0.1) is 0 Å². The second kappa shape index (κ2) is 5.73. The van der Waals surface area contributed by atoms with Gasteiger partial charge in [0.15, 0.2) is 0 Å². The Morgan fingerprint density at radius 3 is 2.47 bits per heavy atom. The zero-order chi connectivity index (χ0) is 14.0. The number of aromatic nitrogens is 2. The quantitative estimate of drug-likeness (QED) is 0.846. The molecular formula is C14H16IN3O. The third-order valence-corrected chi connectivity index (χ3v) is 3.84. The zero-order valence-corrected chi connectivity index (χ0v) is 13.4. The van der Waals surface area contributed by atoms with Crippen LogP contribution >= 0.6 is 22.6 Å². The average Bonchev–Trinajstić information content (AvgIpc) is 2.59. The first-order valence-corrected chi connectivity index (χ1v) is 7.09. The minimum absolute atomic E-state index is 0.0135. The number of nitrogens with one attached hydrogen (secondary N) is 1. The molecular weight excluding hydrogens is 353 g/mol. The Labute approximate surface area is 126 Å². The Kier molecular flexibility index (Phi) is 4.24. The summed E-state index contributed by atoms with van der Waals surface area (Å²) in [5, 5.41) is 7.22. The molecule has 1 aromatic carbocycles. The fourth-order valence-corrected chi connectivity index (χ4v) is 2.33. The van der Waals surface area contributed by atoms with E-state index in [0.29, 0.717) is 6.42 Å². The second-order valence-corrected chi connectivity index (χ2v) is 5.75. The van der Waals surface area contributed by atoms with E-state index in [-0.39, 0.29) is 5.91 Å². The molecule has 0 unspecified atom stereocenters. The van der Waals surface area contributed by atoms with Gasteiger partial charge in [0.2, 0.25) is 5.91 Å². The van der Waals surface area contributed by atoms with Crippen molar-refractivity contribution in [1.29, 1.82) is 0 Å². The first-order valence-electron chi connectivity index (χ1n) is 6.02. The fourth-order valence-electron chi connectivity index (χ4n) is 1.97. The van der Waals surface area contributed by atoms with E-state index in [2.05, 4.69) is 33.0 Å². The molecule has 1 N–H and O–H groups in total. The number of amides is 1. The Balaban J connectivity index is 2.07. The molecule has 100 valence electrons. The molecule has 1 amide bonds. The van der Waals surface area contributed by atoms with Crippen molar-refractivity contribution < 1.29 is 4.79 Å². The highest BCUT2D eigenvalue weighted by molar-refractivity contribution is 14.1. The van der Waals surface area contributed by atoms with Gasteiger partial charge >= 0.3 is 0 Å². The summed E-state index contributed by atoms with van der Waals surface area (Å²) in [6.07, 6.45) is 0.359. The number of anilines is 1. The van der Waals surface area contributed by atoms with Crippen molar-refractivity contribution in [3.8, 4) is 0 Å². The lowest BCUT2D eigenvalue weighted by molar-refractivity contribution is -0.115. The van der Waals surface area contributed by atoms with Crippen LogP contribution in [-0.2, 0) is 18.3 Å². The fraction of sp³-hybridized carbons (Fsp3) is 0.286. The number of hydrogen-bond acceptors (Lipinski definition) is 2. The monoisotopic (exact) mass is 369 g/mol. The highest BCUT2D eigenvalue weighted by Gasteiger charge is 2.13. The summed E-state index contributed by atoms with van der Waals surface area (Å²) in [5.41, 5.74) is 3.78. The molecule has 0 atom stereocenters. The van der Waals surface area contributed by atoms with Crippen molar-refractivity contribution in [3.05, 3.63) is 44.8 Å². The highest BCUT2D eigenvalue weighted by atomic mass is 127. The van der Waals surface area contributed by atoms with Crippen molar-refractivity contribution in [2.24, 2.45) is 7.05 Å². The molecule has 0 bridgehead atoms. The Hall–Kier alpha value is -1.37. The number of nitrogens with zero attached hydrogens (tertiary/aromatic N) is 2. The summed E-state index contributed by atoms with van der Waals surface area (Å²) in [6.45, 7) is 3.91. The molecule has 1 aromatic heterocycles. The minimum atomic E-state index is -0.0135. The third kappa shape index (κ3) is 3.34. The lowest BCUT2D eigenvalue weighted by Gasteiger charge is -2.06. The number of halogens is 1. The first kappa shape index (κ1) is 14.0. The van der Waals surface area contributed by atoms with Gasteiger partial charge < -0.3 is 5.32 Å². The smallest absolute Gasteiger partial charge is 0.228 e. The van der Waals surface area contributed by atoms with Gasteiger partial charge in [-0.05, 0) is 60.7 Å². The maximum Gasteiger partial charge on any atom is 0.228 e. The highest BCUT2D eigenvalue weighted by Crippen LogP contribution is 2.15. The number of carbonyl (C=O) groups is 1. The van der Waals surface area contributed by atoms with E-state index >= 15 is 0 Å². The number of aryl methyl sites for hydroxylation is 2. The molecule has 0 fully saturated rings. The summed E-state index contributed by atoms with van der Waals surface area (Å²) in [5.74, 6) is -0.0135. The Bertz CT molecular complexity index is 602. The lowest BCUT2D eigenvalue weighted by atomic mass is 10.1. The lowest BCUT2D eigenvalue weighted by Crippen LogP contribution is -2.15. The molecule has 0 radical (unpaired) electrons. The summed E-state index contributed by atoms with van der Waals surface area (Å²) in [6, 6.07) is 7.75. The number of hydrogen-bond donors (Lipinski definition) is 1. The summed E-state index contributed by atoms with van der Waals surface area (Å²) >= 11 is 2.24. The largest absolute Gasteiger partial charge is 0.326 e. The van der Waals surface area contributed by atoms with E-state index in [9.17, 15) is 4.79 Å². The predicted molar refractivity (Wildman–Crippen MR) is 84.2 cm³/mol. The van der Waals surface area contributed by atoms with Crippen LogP contribution in [0.25, 0.3) is 0 Å². The van der Waals surface area contributed by atoms with Gasteiger partial charge in [0.05, 0.1) is 12.1 Å². The van der Waals surface area contributed by atoms with E-state index < -0.39 is 0 Å². The normalized spacial score (nSPS) is 10.5. The predicted octanol–water partition coefficient (Wildman–Crippen LogP) is 2.82. The van der Waals surface area contributed by atoms with Gasteiger partial charge in [-0.3, -0.25) is 9.48 Å². The van der Waals surface area contributed by atoms with Crippen molar-refractivity contribution >= 4 is 34.2 Å². The first-order chi connectivity index (χ1) is 8.97. The van der Waals surface area contributed by atoms with E-state index in [1.807, 2.05) is 49.8 Å². The van der Waals surface area contributed by atoms with E-state index in [4.69, 9.17) is 0 Å². The van der Waals surface area contributed by atoms with E-state index in [0.717, 1.165) is 26.2 Å². The summed E-state index contributed by atoms with van der Waals surface area (Å²) in [7, 11) is 1.89. The van der Waals surface area contributed by atoms with Gasteiger partial charge in [0, 0.05) is 27.6 Å². The van der Waals surface area contributed by atoms with Crippen LogP contribution in [0.4, 0.5) is 5.69 Å². The standard InChI is InChI=1S/C14H16IN3O/c1-9-13(10(2)18(3)17-9)8-14(19)16-12-6-4-11(15)5-7-12/h4-7H,8H2,1-3H3,(H,16,19). The molecule has 0 saturated heterocycles. The van der Waals surface area contributed by atoms with Crippen LogP contribution in [0.1, 0.15) is 17.0 Å². The van der Waals surface area contributed by atoms with Crippen LogP contribution in [-0.4, -0.2) is 15.7 Å².